The average Bonchev–Trinajstić information content (AvgIpc) is 2.31. The van der Waals surface area contributed by atoms with Crippen LogP contribution in [0.25, 0.3) is 0 Å². The Bertz CT molecular complexity index is 152. The summed E-state index contributed by atoms with van der Waals surface area (Å²) < 4.78 is 0. The Morgan fingerprint density at radius 1 is 1.45 bits per heavy atom. The molecule has 1 aliphatic rings. The van der Waals surface area contributed by atoms with Crippen molar-refractivity contribution < 1.29 is 9.90 Å². The first-order valence-electron chi connectivity index (χ1n) is 3.55. The molecule has 0 aliphatic carbocycles. The van der Waals surface area contributed by atoms with E-state index in [9.17, 15) is 4.79 Å². The Morgan fingerprint density at radius 3 is 2.27 bits per heavy atom. The van der Waals surface area contributed by atoms with E-state index in [4.69, 9.17) is 16.6 Å². The predicted octanol–water partition coefficient (Wildman–Crippen LogP) is -2.52. The van der Waals surface area contributed by atoms with E-state index in [1.54, 1.807) is 0 Å². The molecule has 0 radical (unpaired) electrons. The zero-order valence-electron chi connectivity index (χ0n) is 6.23. The summed E-state index contributed by atoms with van der Waals surface area (Å²) in [6.45, 7) is 0.459. The summed E-state index contributed by atoms with van der Waals surface area (Å²) in [7, 11) is 0. The van der Waals surface area contributed by atoms with Crippen LogP contribution in [0, 0.1) is 0 Å². The van der Waals surface area contributed by atoms with E-state index in [2.05, 4.69) is 0 Å². The fraction of sp³-hybridized carbons (Fsp3) is 0.833. The quantitative estimate of drug-likeness (QED) is 0.393. The van der Waals surface area contributed by atoms with Crippen molar-refractivity contribution in [3.05, 3.63) is 0 Å². The topological polar surface area (TPSA) is 92.6 Å². The molecular weight excluding hydrogens is 146 g/mol. The Balaban J connectivity index is 2.46. The Hall–Kier alpha value is -0.650. The molecule has 0 bridgehead atoms. The van der Waals surface area contributed by atoms with Gasteiger partial charge in [-0.15, -0.1) is 0 Å². The Kier molecular flexibility index (Phi) is 2.43. The lowest BCUT2D eigenvalue weighted by molar-refractivity contribution is -0.133. The molecule has 5 N–H and O–H groups in total. The van der Waals surface area contributed by atoms with Crippen molar-refractivity contribution in [2.24, 2.45) is 11.5 Å². The first-order valence-corrected chi connectivity index (χ1v) is 3.55. The fourth-order valence-corrected chi connectivity index (χ4v) is 1.16. The van der Waals surface area contributed by atoms with Gasteiger partial charge in [0.1, 0.15) is 6.61 Å². The highest BCUT2D eigenvalue weighted by molar-refractivity contribution is 5.77. The van der Waals surface area contributed by atoms with Crippen molar-refractivity contribution in [3.63, 3.8) is 0 Å². The van der Waals surface area contributed by atoms with Crippen LogP contribution in [0.3, 0.4) is 0 Å². The maximum Gasteiger partial charge on any atom is 0.248 e. The molecule has 11 heavy (non-hydrogen) atoms. The molecule has 5 heteroatoms. The third kappa shape index (κ3) is 1.68. The average molecular weight is 159 g/mol. The maximum atomic E-state index is 10.9. The van der Waals surface area contributed by atoms with Gasteiger partial charge in [0.05, 0.1) is 0 Å². The van der Waals surface area contributed by atoms with Gasteiger partial charge in [-0.25, -0.2) is 0 Å². The summed E-state index contributed by atoms with van der Waals surface area (Å²) in [6, 6.07) is -0.295. The number of aliphatic hydroxyl groups is 1. The number of likely N-dealkylation sites (tertiary alicyclic amines) is 1. The van der Waals surface area contributed by atoms with Crippen LogP contribution in [0.15, 0.2) is 0 Å². The van der Waals surface area contributed by atoms with Gasteiger partial charge in [-0.3, -0.25) is 4.79 Å². The first kappa shape index (κ1) is 8.45. The van der Waals surface area contributed by atoms with Gasteiger partial charge in [-0.1, -0.05) is 0 Å². The lowest BCUT2D eigenvalue weighted by Gasteiger charge is -2.12. The van der Waals surface area contributed by atoms with Gasteiger partial charge in [0.15, 0.2) is 0 Å². The van der Waals surface area contributed by atoms with E-state index in [0.29, 0.717) is 13.1 Å². The van der Waals surface area contributed by atoms with E-state index in [0.717, 1.165) is 0 Å². The van der Waals surface area contributed by atoms with E-state index < -0.39 is 6.61 Å². The molecule has 1 fully saturated rings. The van der Waals surface area contributed by atoms with Gasteiger partial charge >= 0.3 is 0 Å². The molecule has 2 unspecified atom stereocenters. The standard InChI is InChI=1S/C6H13N3O2/c7-4-1-9(2-5(4)8)6(11)3-10/h4-5,10H,1-3,7-8H2. The first-order chi connectivity index (χ1) is 5.15. The normalized spacial score (nSPS) is 31.0. The van der Waals surface area contributed by atoms with Gasteiger partial charge in [-0.05, 0) is 0 Å². The minimum Gasteiger partial charge on any atom is -0.387 e. The maximum absolute atomic E-state index is 10.9. The Labute approximate surface area is 65.0 Å². The van der Waals surface area contributed by atoms with E-state index in [-0.39, 0.29) is 18.0 Å². The monoisotopic (exact) mass is 159 g/mol. The number of aliphatic hydroxyl groups excluding tert-OH is 1. The second-order valence-electron chi connectivity index (χ2n) is 2.78. The van der Waals surface area contributed by atoms with Crippen molar-refractivity contribution in [2.45, 2.75) is 12.1 Å². The molecule has 0 saturated carbocycles. The number of hydrogen-bond acceptors (Lipinski definition) is 4. The summed E-state index contributed by atoms with van der Waals surface area (Å²) in [5, 5.41) is 8.49. The molecule has 1 amide bonds. The fourth-order valence-electron chi connectivity index (χ4n) is 1.16. The lowest BCUT2D eigenvalue weighted by Crippen LogP contribution is -2.39. The molecule has 1 aliphatic heterocycles. The number of nitrogens with two attached hydrogens (primary N) is 2. The third-order valence-electron chi connectivity index (χ3n) is 1.90. The van der Waals surface area contributed by atoms with Crippen LogP contribution < -0.4 is 11.5 Å². The van der Waals surface area contributed by atoms with Gasteiger partial charge in [0.25, 0.3) is 0 Å². The highest BCUT2D eigenvalue weighted by atomic mass is 16.3. The molecule has 0 aromatic carbocycles. The number of carbonyl (C=O) groups excluding carboxylic acids is 1. The SMILES string of the molecule is NC1CN(C(=O)CO)CC1N. The molecule has 2 atom stereocenters. The molecule has 0 aromatic heterocycles. The molecule has 1 rings (SSSR count). The largest absolute Gasteiger partial charge is 0.387 e. The van der Waals surface area contributed by atoms with E-state index >= 15 is 0 Å². The van der Waals surface area contributed by atoms with Crippen LogP contribution in [0.1, 0.15) is 0 Å². The summed E-state index contributed by atoms with van der Waals surface area (Å²) in [6.07, 6.45) is 0. The van der Waals surface area contributed by atoms with Crippen molar-refractivity contribution in [2.75, 3.05) is 19.7 Å². The zero-order valence-corrected chi connectivity index (χ0v) is 6.23. The number of hydrogen-bond donors (Lipinski definition) is 3. The Morgan fingerprint density at radius 2 is 1.91 bits per heavy atom. The molecular formula is C6H13N3O2. The van der Waals surface area contributed by atoms with Crippen LogP contribution in [0.5, 0.6) is 0 Å². The smallest absolute Gasteiger partial charge is 0.248 e. The van der Waals surface area contributed by atoms with Crippen LogP contribution in [0.4, 0.5) is 0 Å². The number of rotatable bonds is 1. The highest BCUT2D eigenvalue weighted by Gasteiger charge is 2.29. The molecule has 0 aromatic rings. The summed E-state index contributed by atoms with van der Waals surface area (Å²) in [5.41, 5.74) is 11.1. The van der Waals surface area contributed by atoms with Crippen LogP contribution in [-0.2, 0) is 4.79 Å². The van der Waals surface area contributed by atoms with Crippen LogP contribution in [-0.4, -0.2) is 47.7 Å². The second kappa shape index (κ2) is 3.17. The van der Waals surface area contributed by atoms with Crippen molar-refractivity contribution in [1.29, 1.82) is 0 Å². The van der Waals surface area contributed by atoms with Gasteiger partial charge in [-0.2, -0.15) is 0 Å². The molecule has 5 nitrogen and oxygen atoms in total. The van der Waals surface area contributed by atoms with Gasteiger partial charge in [0, 0.05) is 25.2 Å². The number of carbonyl (C=O) groups is 1. The second-order valence-corrected chi connectivity index (χ2v) is 2.78. The zero-order chi connectivity index (χ0) is 8.43. The minimum atomic E-state index is -0.459. The van der Waals surface area contributed by atoms with Crippen molar-refractivity contribution in [3.8, 4) is 0 Å². The molecule has 1 saturated heterocycles. The number of amides is 1. The predicted molar refractivity (Wildman–Crippen MR) is 39.6 cm³/mol. The van der Waals surface area contributed by atoms with Crippen LogP contribution >= 0.6 is 0 Å². The third-order valence-corrected chi connectivity index (χ3v) is 1.90. The lowest BCUT2D eigenvalue weighted by atomic mass is 10.2. The number of nitrogens with zero attached hydrogens (tertiary/aromatic N) is 1. The summed E-state index contributed by atoms with van der Waals surface area (Å²) >= 11 is 0. The summed E-state index contributed by atoms with van der Waals surface area (Å²) in [5.74, 6) is -0.298. The molecule has 0 spiro atoms. The molecule has 1 heterocycles. The summed E-state index contributed by atoms with van der Waals surface area (Å²) in [4.78, 5) is 12.4. The van der Waals surface area contributed by atoms with Crippen LogP contribution in [0.2, 0.25) is 0 Å². The molecule has 64 valence electrons. The van der Waals surface area contributed by atoms with Gasteiger partial charge < -0.3 is 21.5 Å². The minimum absolute atomic E-state index is 0.148. The highest BCUT2D eigenvalue weighted by Crippen LogP contribution is 2.05. The van der Waals surface area contributed by atoms with Crippen molar-refractivity contribution in [1.82, 2.24) is 4.90 Å². The van der Waals surface area contributed by atoms with E-state index in [1.165, 1.54) is 4.90 Å². The van der Waals surface area contributed by atoms with Crippen molar-refractivity contribution >= 4 is 5.91 Å². The van der Waals surface area contributed by atoms with E-state index in [1.807, 2.05) is 0 Å². The van der Waals surface area contributed by atoms with Gasteiger partial charge in [0.2, 0.25) is 5.91 Å².